The fourth-order valence-electron chi connectivity index (χ4n) is 2.51. The number of ether oxygens (including phenoxy) is 2. The Bertz CT molecular complexity index is 553. The number of hydrogen-bond donors (Lipinski definition) is 1. The topological polar surface area (TPSA) is 30.5 Å². The van der Waals surface area contributed by atoms with E-state index in [1.54, 1.807) is 0 Å². The molecule has 2 unspecified atom stereocenters. The highest BCUT2D eigenvalue weighted by Crippen LogP contribution is 2.23. The van der Waals surface area contributed by atoms with Gasteiger partial charge in [0.05, 0.1) is 12.2 Å². The molecule has 0 radical (unpaired) electrons. The third-order valence-corrected chi connectivity index (χ3v) is 3.66. The third kappa shape index (κ3) is 3.84. The molecule has 2 aromatic carbocycles. The molecule has 2 atom stereocenters. The highest BCUT2D eigenvalue weighted by Gasteiger charge is 2.20. The fraction of sp³-hybridized carbons (Fsp3) is 0.333. The second kappa shape index (κ2) is 6.74. The van der Waals surface area contributed by atoms with Crippen LogP contribution in [0.15, 0.2) is 54.6 Å². The predicted octanol–water partition coefficient (Wildman–Crippen LogP) is 3.32. The summed E-state index contributed by atoms with van der Waals surface area (Å²) in [7, 11) is 0. The van der Waals surface area contributed by atoms with Crippen molar-refractivity contribution >= 4 is 0 Å². The van der Waals surface area contributed by atoms with E-state index >= 15 is 0 Å². The van der Waals surface area contributed by atoms with Crippen LogP contribution in [0.1, 0.15) is 24.2 Å². The van der Waals surface area contributed by atoms with Gasteiger partial charge in [-0.05, 0) is 30.2 Å². The van der Waals surface area contributed by atoms with E-state index in [-0.39, 0.29) is 12.2 Å². The van der Waals surface area contributed by atoms with Crippen molar-refractivity contribution in [2.24, 2.45) is 0 Å². The van der Waals surface area contributed by atoms with Crippen LogP contribution in [-0.4, -0.2) is 19.2 Å². The average Bonchev–Trinajstić information content (AvgIpc) is 2.54. The van der Waals surface area contributed by atoms with Gasteiger partial charge >= 0.3 is 0 Å². The van der Waals surface area contributed by atoms with Crippen molar-refractivity contribution in [3.8, 4) is 5.75 Å². The van der Waals surface area contributed by atoms with Crippen molar-refractivity contribution in [3.63, 3.8) is 0 Å². The first-order chi connectivity index (χ1) is 10.3. The Morgan fingerprint density at radius 2 is 1.81 bits per heavy atom. The second-order valence-electron chi connectivity index (χ2n) is 5.44. The maximum absolute atomic E-state index is 5.94. The van der Waals surface area contributed by atoms with Crippen molar-refractivity contribution < 1.29 is 9.47 Å². The summed E-state index contributed by atoms with van der Waals surface area (Å²) in [5.41, 5.74) is 2.37. The minimum atomic E-state index is 0.136. The molecule has 1 heterocycles. The van der Waals surface area contributed by atoms with Gasteiger partial charge in [0, 0.05) is 13.1 Å². The average molecular weight is 283 g/mol. The molecule has 110 valence electrons. The Morgan fingerprint density at radius 3 is 2.52 bits per heavy atom. The molecule has 0 aromatic heterocycles. The highest BCUT2D eigenvalue weighted by molar-refractivity contribution is 5.29. The van der Waals surface area contributed by atoms with Crippen LogP contribution in [0, 0.1) is 0 Å². The molecule has 1 saturated heterocycles. The summed E-state index contributed by atoms with van der Waals surface area (Å²) in [6.45, 7) is 4.48. The van der Waals surface area contributed by atoms with E-state index in [0.717, 1.165) is 18.8 Å². The molecule has 1 fully saturated rings. The van der Waals surface area contributed by atoms with Crippen molar-refractivity contribution in [2.45, 2.75) is 25.7 Å². The van der Waals surface area contributed by atoms with E-state index in [1.165, 1.54) is 11.1 Å². The van der Waals surface area contributed by atoms with E-state index in [0.29, 0.717) is 6.61 Å². The van der Waals surface area contributed by atoms with Gasteiger partial charge in [0.1, 0.15) is 12.4 Å². The third-order valence-electron chi connectivity index (χ3n) is 3.66. The van der Waals surface area contributed by atoms with Gasteiger partial charge in [-0.15, -0.1) is 0 Å². The Balaban J connectivity index is 1.59. The molecule has 1 aliphatic rings. The second-order valence-corrected chi connectivity index (χ2v) is 5.44. The SMILES string of the molecule is CC1CNCC(c2ccc(OCc3ccccc3)cc2)O1. The fourth-order valence-corrected chi connectivity index (χ4v) is 2.51. The van der Waals surface area contributed by atoms with Crippen molar-refractivity contribution in [1.29, 1.82) is 0 Å². The number of nitrogens with one attached hydrogen (secondary N) is 1. The molecule has 0 spiro atoms. The van der Waals surface area contributed by atoms with E-state index in [2.05, 4.69) is 36.5 Å². The van der Waals surface area contributed by atoms with Crippen LogP contribution in [0.3, 0.4) is 0 Å². The molecular formula is C18H21NO2. The largest absolute Gasteiger partial charge is 0.489 e. The zero-order chi connectivity index (χ0) is 14.5. The maximum atomic E-state index is 5.94. The Hall–Kier alpha value is -1.84. The summed E-state index contributed by atoms with van der Waals surface area (Å²) in [6.07, 6.45) is 0.398. The lowest BCUT2D eigenvalue weighted by atomic mass is 10.1. The Kier molecular flexibility index (Phi) is 4.53. The van der Waals surface area contributed by atoms with Crippen LogP contribution in [0.4, 0.5) is 0 Å². The molecule has 3 heteroatoms. The monoisotopic (exact) mass is 283 g/mol. The van der Waals surface area contributed by atoms with Crippen molar-refractivity contribution in [2.75, 3.05) is 13.1 Å². The van der Waals surface area contributed by atoms with Crippen molar-refractivity contribution in [3.05, 3.63) is 65.7 Å². The molecule has 0 amide bonds. The standard InChI is InChI=1S/C18H21NO2/c1-14-11-19-12-18(21-14)16-7-9-17(10-8-16)20-13-15-5-3-2-4-6-15/h2-10,14,18-19H,11-13H2,1H3. The molecule has 1 aliphatic heterocycles. The van der Waals surface area contributed by atoms with Crippen LogP contribution >= 0.6 is 0 Å². The van der Waals surface area contributed by atoms with Gasteiger partial charge in [0.2, 0.25) is 0 Å². The van der Waals surface area contributed by atoms with Gasteiger partial charge in [-0.25, -0.2) is 0 Å². The highest BCUT2D eigenvalue weighted by atomic mass is 16.5. The van der Waals surface area contributed by atoms with Gasteiger partial charge in [0.15, 0.2) is 0 Å². The lowest BCUT2D eigenvalue weighted by Gasteiger charge is -2.29. The van der Waals surface area contributed by atoms with Crippen LogP contribution < -0.4 is 10.1 Å². The van der Waals surface area contributed by atoms with Crippen LogP contribution in [0.2, 0.25) is 0 Å². The molecule has 2 aromatic rings. The number of rotatable bonds is 4. The first-order valence-electron chi connectivity index (χ1n) is 7.44. The Labute approximate surface area is 125 Å². The first kappa shape index (κ1) is 14.1. The first-order valence-corrected chi connectivity index (χ1v) is 7.44. The molecule has 0 aliphatic carbocycles. The smallest absolute Gasteiger partial charge is 0.119 e. The van der Waals surface area contributed by atoms with E-state index in [1.807, 2.05) is 30.3 Å². The number of hydrogen-bond acceptors (Lipinski definition) is 3. The normalized spacial score (nSPS) is 22.0. The van der Waals surface area contributed by atoms with Crippen LogP contribution in [0.5, 0.6) is 5.75 Å². The zero-order valence-corrected chi connectivity index (χ0v) is 12.3. The van der Waals surface area contributed by atoms with E-state index in [9.17, 15) is 0 Å². The van der Waals surface area contributed by atoms with Gasteiger partial charge in [-0.2, -0.15) is 0 Å². The van der Waals surface area contributed by atoms with Gasteiger partial charge < -0.3 is 14.8 Å². The Morgan fingerprint density at radius 1 is 1.05 bits per heavy atom. The number of morpholine rings is 1. The summed E-state index contributed by atoms with van der Waals surface area (Å²) in [5.74, 6) is 0.888. The predicted molar refractivity (Wildman–Crippen MR) is 83.4 cm³/mol. The summed E-state index contributed by atoms with van der Waals surface area (Å²) >= 11 is 0. The minimum absolute atomic E-state index is 0.136. The molecule has 0 bridgehead atoms. The molecule has 1 N–H and O–H groups in total. The van der Waals surface area contributed by atoms with Crippen LogP contribution in [0.25, 0.3) is 0 Å². The van der Waals surface area contributed by atoms with Crippen molar-refractivity contribution in [1.82, 2.24) is 5.32 Å². The summed E-state index contributed by atoms with van der Waals surface area (Å²) in [6, 6.07) is 18.4. The lowest BCUT2D eigenvalue weighted by molar-refractivity contribution is -0.0287. The maximum Gasteiger partial charge on any atom is 0.119 e. The van der Waals surface area contributed by atoms with Gasteiger partial charge in [0.25, 0.3) is 0 Å². The molecule has 0 saturated carbocycles. The lowest BCUT2D eigenvalue weighted by Crippen LogP contribution is -2.38. The van der Waals surface area contributed by atoms with E-state index in [4.69, 9.17) is 9.47 Å². The zero-order valence-electron chi connectivity index (χ0n) is 12.3. The van der Waals surface area contributed by atoms with Gasteiger partial charge in [-0.1, -0.05) is 42.5 Å². The van der Waals surface area contributed by atoms with E-state index < -0.39 is 0 Å². The summed E-state index contributed by atoms with van der Waals surface area (Å²) < 4.78 is 11.7. The molecule has 3 rings (SSSR count). The van der Waals surface area contributed by atoms with Crippen LogP contribution in [-0.2, 0) is 11.3 Å². The number of benzene rings is 2. The van der Waals surface area contributed by atoms with Gasteiger partial charge in [-0.3, -0.25) is 0 Å². The minimum Gasteiger partial charge on any atom is -0.489 e. The molecular weight excluding hydrogens is 262 g/mol. The molecule has 21 heavy (non-hydrogen) atoms. The quantitative estimate of drug-likeness (QED) is 0.933. The summed E-state index contributed by atoms with van der Waals surface area (Å²) in [5, 5.41) is 3.39. The molecule has 3 nitrogen and oxygen atoms in total. The summed E-state index contributed by atoms with van der Waals surface area (Å²) in [4.78, 5) is 0.